The summed E-state index contributed by atoms with van der Waals surface area (Å²) in [7, 11) is 0. The van der Waals surface area contributed by atoms with Gasteiger partial charge in [-0.3, -0.25) is 4.79 Å². The van der Waals surface area contributed by atoms with E-state index in [1.165, 1.54) is 12.1 Å². The number of nitrogens with zero attached hydrogens (tertiary/aromatic N) is 1. The average Bonchev–Trinajstić information content (AvgIpc) is 3.21. The quantitative estimate of drug-likeness (QED) is 0.693. The molecule has 3 rings (SSSR count). The number of carbonyl (C=O) groups is 1. The van der Waals surface area contributed by atoms with Crippen molar-refractivity contribution in [3.05, 3.63) is 59.7 Å². The van der Waals surface area contributed by atoms with Crippen LogP contribution in [0.4, 0.5) is 13.2 Å². The lowest BCUT2D eigenvalue weighted by Crippen LogP contribution is -2.35. The topological polar surface area (TPSA) is 70.0 Å². The molecule has 2 aromatic rings. The van der Waals surface area contributed by atoms with Gasteiger partial charge < -0.3 is 14.7 Å². The first kappa shape index (κ1) is 21.5. The zero-order valence-electron chi connectivity index (χ0n) is 15.4. The Morgan fingerprint density at radius 3 is 2.38 bits per heavy atom. The number of aliphatic hydroxyl groups is 1. The van der Waals surface area contributed by atoms with Crippen LogP contribution in [-0.2, 0) is 28.8 Å². The number of alkyl halides is 3. The smallest absolute Gasteiger partial charge is 0.416 e. The fourth-order valence-corrected chi connectivity index (χ4v) is 4.49. The number of amides is 1. The minimum atomic E-state index is -4.42. The van der Waals surface area contributed by atoms with Crippen LogP contribution in [0, 0.1) is 0 Å². The number of benzene rings is 2. The predicted molar refractivity (Wildman–Crippen MR) is 103 cm³/mol. The van der Waals surface area contributed by atoms with E-state index in [2.05, 4.69) is 0 Å². The molecule has 0 bridgehead atoms. The van der Waals surface area contributed by atoms with Gasteiger partial charge in [-0.2, -0.15) is 17.7 Å². The van der Waals surface area contributed by atoms with Crippen LogP contribution in [0.15, 0.2) is 53.4 Å². The molecule has 9 heteroatoms. The van der Waals surface area contributed by atoms with Crippen LogP contribution in [0.3, 0.4) is 0 Å². The summed E-state index contributed by atoms with van der Waals surface area (Å²) in [6.07, 6.45) is -3.85. The van der Waals surface area contributed by atoms with Crippen molar-refractivity contribution in [1.82, 2.24) is 4.90 Å². The molecule has 2 atom stereocenters. The van der Waals surface area contributed by atoms with Gasteiger partial charge >= 0.3 is 6.18 Å². The summed E-state index contributed by atoms with van der Waals surface area (Å²) in [5, 5.41) is 8.80. The SMILES string of the molecule is O=C(COc1ccc(CO)cc1)N1CCC([S+](O)c2ccc(C(F)(F)F)cc2)C1. The second-order valence-electron chi connectivity index (χ2n) is 6.68. The van der Waals surface area contributed by atoms with Crippen molar-refractivity contribution in [2.75, 3.05) is 19.7 Å². The van der Waals surface area contributed by atoms with Crippen LogP contribution in [0.5, 0.6) is 5.75 Å². The van der Waals surface area contributed by atoms with Crippen LogP contribution < -0.4 is 4.74 Å². The maximum atomic E-state index is 12.7. The van der Waals surface area contributed by atoms with Crippen molar-refractivity contribution < 1.29 is 32.4 Å². The monoisotopic (exact) mass is 428 g/mol. The van der Waals surface area contributed by atoms with Gasteiger partial charge in [0.25, 0.3) is 5.91 Å². The Kier molecular flexibility index (Phi) is 6.71. The zero-order chi connectivity index (χ0) is 21.0. The van der Waals surface area contributed by atoms with E-state index in [4.69, 9.17) is 9.84 Å². The van der Waals surface area contributed by atoms with E-state index in [0.29, 0.717) is 30.2 Å². The van der Waals surface area contributed by atoms with Gasteiger partial charge in [-0.25, -0.2) is 0 Å². The van der Waals surface area contributed by atoms with Gasteiger partial charge in [-0.15, -0.1) is 0 Å². The van der Waals surface area contributed by atoms with Gasteiger partial charge in [0.15, 0.2) is 27.9 Å². The molecule has 0 aliphatic carbocycles. The number of hydrogen-bond acceptors (Lipinski definition) is 4. The lowest BCUT2D eigenvalue weighted by Gasteiger charge is -2.16. The molecule has 1 amide bonds. The van der Waals surface area contributed by atoms with Gasteiger partial charge in [0.1, 0.15) is 5.75 Å². The van der Waals surface area contributed by atoms with Gasteiger partial charge in [0.05, 0.1) is 18.7 Å². The Hall–Kier alpha value is -2.23. The summed E-state index contributed by atoms with van der Waals surface area (Å²) in [4.78, 5) is 14.4. The molecule has 2 unspecified atom stereocenters. The van der Waals surface area contributed by atoms with Crippen molar-refractivity contribution >= 4 is 17.1 Å². The molecular weight excluding hydrogens is 407 g/mol. The molecule has 0 saturated carbocycles. The Bertz CT molecular complexity index is 827. The Morgan fingerprint density at radius 2 is 1.79 bits per heavy atom. The number of halogens is 3. The summed E-state index contributed by atoms with van der Waals surface area (Å²) >= 11 is -1.25. The van der Waals surface area contributed by atoms with Gasteiger partial charge in [0, 0.05) is 13.0 Å². The summed E-state index contributed by atoms with van der Waals surface area (Å²) in [6, 6.07) is 11.2. The highest BCUT2D eigenvalue weighted by molar-refractivity contribution is 7.92. The number of likely N-dealkylation sites (tertiary alicyclic amines) is 1. The van der Waals surface area contributed by atoms with Crippen LogP contribution in [-0.4, -0.2) is 45.4 Å². The van der Waals surface area contributed by atoms with E-state index in [9.17, 15) is 22.5 Å². The van der Waals surface area contributed by atoms with Crippen LogP contribution >= 0.6 is 0 Å². The van der Waals surface area contributed by atoms with Crippen molar-refractivity contribution in [3.63, 3.8) is 0 Å². The second-order valence-corrected chi connectivity index (χ2v) is 8.45. The molecule has 0 aromatic heterocycles. The van der Waals surface area contributed by atoms with Crippen LogP contribution in [0.1, 0.15) is 17.5 Å². The lowest BCUT2D eigenvalue weighted by atomic mass is 10.2. The first-order valence-electron chi connectivity index (χ1n) is 8.97. The Labute approximate surface area is 169 Å². The molecular formula is C20H21F3NO4S+. The fraction of sp³-hybridized carbons (Fsp3) is 0.350. The summed E-state index contributed by atoms with van der Waals surface area (Å²) in [5.41, 5.74) is -0.0186. The third-order valence-electron chi connectivity index (χ3n) is 4.70. The Morgan fingerprint density at radius 1 is 1.14 bits per heavy atom. The number of rotatable bonds is 6. The number of aliphatic hydroxyl groups excluding tert-OH is 1. The largest absolute Gasteiger partial charge is 0.484 e. The molecule has 29 heavy (non-hydrogen) atoms. The molecule has 1 aliphatic rings. The van der Waals surface area contributed by atoms with Gasteiger partial charge in [-0.05, 0) is 42.0 Å². The second kappa shape index (κ2) is 9.06. The molecule has 1 fully saturated rings. The summed E-state index contributed by atoms with van der Waals surface area (Å²) in [6.45, 7) is 0.564. The molecule has 0 radical (unpaired) electrons. The normalized spacial score (nSPS) is 18.0. The zero-order valence-corrected chi connectivity index (χ0v) is 16.2. The van der Waals surface area contributed by atoms with Crippen molar-refractivity contribution in [2.45, 2.75) is 29.3 Å². The maximum Gasteiger partial charge on any atom is 0.416 e. The first-order chi connectivity index (χ1) is 13.8. The molecule has 1 saturated heterocycles. The van der Waals surface area contributed by atoms with E-state index in [-0.39, 0.29) is 24.4 Å². The van der Waals surface area contributed by atoms with E-state index in [1.807, 2.05) is 0 Å². The van der Waals surface area contributed by atoms with E-state index < -0.39 is 22.9 Å². The summed E-state index contributed by atoms with van der Waals surface area (Å²) < 4.78 is 54.0. The molecule has 1 aliphatic heterocycles. The van der Waals surface area contributed by atoms with Crippen LogP contribution in [0.2, 0.25) is 0 Å². The third-order valence-corrected chi connectivity index (χ3v) is 6.48. The molecule has 2 N–H and O–H groups in total. The predicted octanol–water partition coefficient (Wildman–Crippen LogP) is 3.33. The highest BCUT2D eigenvalue weighted by Crippen LogP contribution is 2.31. The molecule has 156 valence electrons. The Balaban J connectivity index is 1.52. The number of ether oxygens (including phenoxy) is 1. The van der Waals surface area contributed by atoms with E-state index in [1.54, 1.807) is 29.2 Å². The van der Waals surface area contributed by atoms with Gasteiger partial charge in [-0.1, -0.05) is 12.1 Å². The van der Waals surface area contributed by atoms with Crippen molar-refractivity contribution in [3.8, 4) is 5.75 Å². The first-order valence-corrected chi connectivity index (χ1v) is 10.2. The lowest BCUT2D eigenvalue weighted by molar-refractivity contribution is -0.137. The van der Waals surface area contributed by atoms with E-state index >= 15 is 0 Å². The number of carbonyl (C=O) groups excluding carboxylic acids is 1. The maximum absolute atomic E-state index is 12.7. The van der Waals surface area contributed by atoms with Crippen molar-refractivity contribution in [1.29, 1.82) is 0 Å². The molecule has 5 nitrogen and oxygen atoms in total. The average molecular weight is 428 g/mol. The third kappa shape index (κ3) is 5.43. The molecule has 0 spiro atoms. The fourth-order valence-electron chi connectivity index (χ4n) is 3.04. The highest BCUT2D eigenvalue weighted by Gasteiger charge is 2.40. The summed E-state index contributed by atoms with van der Waals surface area (Å²) in [5.74, 6) is 0.293. The molecule has 1 heterocycles. The van der Waals surface area contributed by atoms with Crippen LogP contribution in [0.25, 0.3) is 0 Å². The minimum absolute atomic E-state index is 0.0730. The van der Waals surface area contributed by atoms with Gasteiger partial charge in [0.2, 0.25) is 0 Å². The van der Waals surface area contributed by atoms with Crippen molar-refractivity contribution in [2.24, 2.45) is 0 Å². The minimum Gasteiger partial charge on any atom is -0.484 e. The molecule has 2 aromatic carbocycles. The van der Waals surface area contributed by atoms with E-state index in [0.717, 1.165) is 17.7 Å². The standard InChI is InChI=1S/C20H21F3NO4S/c21-20(22,23)15-3-7-17(8-4-15)29(27)18-9-10-24(11-18)19(26)13-28-16-5-1-14(12-25)2-6-16/h1-8,18,25,27H,9-13H2/q+1. The highest BCUT2D eigenvalue weighted by atomic mass is 32.2. The number of hydrogen-bond donors (Lipinski definition) is 2.